The van der Waals surface area contributed by atoms with Gasteiger partial charge >= 0.3 is 0 Å². The average molecular weight is 352 g/mol. The number of H-pyrrole nitrogens is 1. The van der Waals surface area contributed by atoms with Crippen LogP contribution in [-0.4, -0.2) is 21.3 Å². The van der Waals surface area contributed by atoms with Crippen molar-refractivity contribution >= 4 is 0 Å². The summed E-state index contributed by atoms with van der Waals surface area (Å²) >= 11 is 0. The van der Waals surface area contributed by atoms with Crippen molar-refractivity contribution in [2.75, 3.05) is 0 Å². The Morgan fingerprint density at radius 3 is 2.92 bits per heavy atom. The summed E-state index contributed by atoms with van der Waals surface area (Å²) in [7, 11) is 0. The summed E-state index contributed by atoms with van der Waals surface area (Å²) in [6, 6.07) is 7.95. The molecule has 0 bridgehead atoms. The lowest BCUT2D eigenvalue weighted by Gasteiger charge is -2.13. The van der Waals surface area contributed by atoms with Crippen LogP contribution in [0.5, 0.6) is 5.88 Å². The van der Waals surface area contributed by atoms with E-state index in [1.165, 1.54) is 12.8 Å². The van der Waals surface area contributed by atoms with E-state index in [1.807, 2.05) is 43.6 Å². The monoisotopic (exact) mass is 352 g/mol. The molecule has 0 atom stereocenters. The molecule has 3 aromatic rings. The molecule has 4 rings (SSSR count). The van der Waals surface area contributed by atoms with Crippen molar-refractivity contribution in [2.24, 2.45) is 0 Å². The predicted octanol–water partition coefficient (Wildman–Crippen LogP) is 3.98. The number of aryl methyl sites for hydroxylation is 1. The first-order valence-corrected chi connectivity index (χ1v) is 9.19. The second kappa shape index (κ2) is 7.74. The zero-order chi connectivity index (χ0) is 17.8. The van der Waals surface area contributed by atoms with Gasteiger partial charge in [0.2, 0.25) is 5.88 Å². The smallest absolute Gasteiger partial charge is 0.213 e. The number of hydrogen-bond acceptors (Lipinski definition) is 5. The van der Waals surface area contributed by atoms with E-state index in [2.05, 4.69) is 20.5 Å². The van der Waals surface area contributed by atoms with Gasteiger partial charge in [-0.2, -0.15) is 5.10 Å². The fourth-order valence-corrected chi connectivity index (χ4v) is 3.37. The molecule has 0 spiro atoms. The van der Waals surface area contributed by atoms with Gasteiger partial charge in [0.15, 0.2) is 5.76 Å². The first kappa shape index (κ1) is 16.8. The highest BCUT2D eigenvalue weighted by molar-refractivity contribution is 5.56. The van der Waals surface area contributed by atoms with Crippen LogP contribution in [0.4, 0.5) is 0 Å². The molecular weight excluding hydrogens is 328 g/mol. The SMILES string of the molecule is Cc1ccc(-c2[nH]ncc2CNCc2ccnc(OC3CCCC3)c2)o1. The van der Waals surface area contributed by atoms with Crippen molar-refractivity contribution in [1.82, 2.24) is 20.5 Å². The van der Waals surface area contributed by atoms with Crippen LogP contribution in [0.2, 0.25) is 0 Å². The fourth-order valence-electron chi connectivity index (χ4n) is 3.37. The van der Waals surface area contributed by atoms with Crippen LogP contribution < -0.4 is 10.1 Å². The molecule has 6 nitrogen and oxygen atoms in total. The first-order chi connectivity index (χ1) is 12.8. The van der Waals surface area contributed by atoms with Gasteiger partial charge in [-0.05, 0) is 56.4 Å². The van der Waals surface area contributed by atoms with Gasteiger partial charge in [-0.3, -0.25) is 5.10 Å². The molecule has 0 saturated heterocycles. The second-order valence-corrected chi connectivity index (χ2v) is 6.81. The lowest BCUT2D eigenvalue weighted by molar-refractivity contribution is 0.201. The molecule has 2 N–H and O–H groups in total. The highest BCUT2D eigenvalue weighted by Gasteiger charge is 2.17. The molecule has 3 aromatic heterocycles. The third-order valence-corrected chi connectivity index (χ3v) is 4.74. The molecule has 1 aliphatic rings. The van der Waals surface area contributed by atoms with Gasteiger partial charge in [-0.1, -0.05) is 0 Å². The van der Waals surface area contributed by atoms with Gasteiger partial charge in [-0.15, -0.1) is 0 Å². The Kier molecular flexibility index (Phi) is 5.02. The van der Waals surface area contributed by atoms with E-state index in [-0.39, 0.29) is 0 Å². The lowest BCUT2D eigenvalue weighted by Crippen LogP contribution is -2.14. The summed E-state index contributed by atoms with van der Waals surface area (Å²) in [5.41, 5.74) is 3.16. The molecule has 0 aliphatic heterocycles. The Labute approximate surface area is 153 Å². The van der Waals surface area contributed by atoms with Crippen LogP contribution in [-0.2, 0) is 13.1 Å². The Hall–Kier alpha value is -2.60. The van der Waals surface area contributed by atoms with Crippen molar-refractivity contribution in [3.05, 3.63) is 53.5 Å². The Balaban J connectivity index is 1.34. The number of furan rings is 1. The minimum atomic E-state index is 0.330. The number of aromatic amines is 1. The lowest BCUT2D eigenvalue weighted by atomic mass is 10.2. The third-order valence-electron chi connectivity index (χ3n) is 4.74. The molecule has 0 radical (unpaired) electrons. The number of rotatable bonds is 7. The quantitative estimate of drug-likeness (QED) is 0.672. The van der Waals surface area contributed by atoms with E-state index < -0.39 is 0 Å². The predicted molar refractivity (Wildman–Crippen MR) is 98.7 cm³/mol. The Morgan fingerprint density at radius 1 is 1.23 bits per heavy atom. The summed E-state index contributed by atoms with van der Waals surface area (Å²) < 4.78 is 11.7. The third kappa shape index (κ3) is 3.96. The fraction of sp³-hybridized carbons (Fsp3) is 0.400. The zero-order valence-electron chi connectivity index (χ0n) is 15.0. The number of pyridine rings is 1. The van der Waals surface area contributed by atoms with Crippen LogP contribution in [0, 0.1) is 6.92 Å². The summed E-state index contributed by atoms with van der Waals surface area (Å²) in [4.78, 5) is 4.34. The second-order valence-electron chi connectivity index (χ2n) is 6.81. The van der Waals surface area contributed by atoms with Gasteiger partial charge < -0.3 is 14.5 Å². The molecule has 0 aromatic carbocycles. The largest absolute Gasteiger partial charge is 0.474 e. The highest BCUT2D eigenvalue weighted by atomic mass is 16.5. The minimum Gasteiger partial charge on any atom is -0.474 e. The van der Waals surface area contributed by atoms with Gasteiger partial charge in [0.25, 0.3) is 0 Å². The standard InChI is InChI=1S/C20H24N4O2/c1-14-6-7-18(25-14)20-16(13-23-24-20)12-21-11-15-8-9-22-19(10-15)26-17-4-2-3-5-17/h6-10,13,17,21H,2-5,11-12H2,1H3,(H,23,24). The summed E-state index contributed by atoms with van der Waals surface area (Å²) in [5, 5.41) is 10.6. The molecule has 0 amide bonds. The zero-order valence-corrected chi connectivity index (χ0v) is 15.0. The molecule has 26 heavy (non-hydrogen) atoms. The molecule has 1 aliphatic carbocycles. The maximum atomic E-state index is 5.98. The van der Waals surface area contributed by atoms with Crippen molar-refractivity contribution in [1.29, 1.82) is 0 Å². The van der Waals surface area contributed by atoms with Crippen LogP contribution in [0.25, 0.3) is 11.5 Å². The normalized spacial score (nSPS) is 14.8. The maximum absolute atomic E-state index is 5.98. The molecule has 1 fully saturated rings. The molecule has 6 heteroatoms. The molecule has 3 heterocycles. The number of nitrogens with zero attached hydrogens (tertiary/aromatic N) is 2. The van der Waals surface area contributed by atoms with Gasteiger partial charge in [0.1, 0.15) is 17.6 Å². The number of hydrogen-bond donors (Lipinski definition) is 2. The number of aromatic nitrogens is 3. The topological polar surface area (TPSA) is 76.0 Å². The van der Waals surface area contributed by atoms with E-state index in [1.54, 1.807) is 0 Å². The van der Waals surface area contributed by atoms with Crippen molar-refractivity contribution in [2.45, 2.75) is 51.8 Å². The number of ether oxygens (including phenoxy) is 1. The highest BCUT2D eigenvalue weighted by Crippen LogP contribution is 2.24. The van der Waals surface area contributed by atoms with Gasteiger partial charge in [0, 0.05) is 30.9 Å². The van der Waals surface area contributed by atoms with Crippen molar-refractivity contribution < 1.29 is 9.15 Å². The molecule has 136 valence electrons. The summed E-state index contributed by atoms with van der Waals surface area (Å²) in [6.07, 6.45) is 8.77. The summed E-state index contributed by atoms with van der Waals surface area (Å²) in [6.45, 7) is 3.38. The van der Waals surface area contributed by atoms with Crippen LogP contribution in [0.3, 0.4) is 0 Å². The molecule has 0 unspecified atom stereocenters. The van der Waals surface area contributed by atoms with Crippen molar-refractivity contribution in [3.63, 3.8) is 0 Å². The minimum absolute atomic E-state index is 0.330. The molecule has 1 saturated carbocycles. The Morgan fingerprint density at radius 2 is 2.12 bits per heavy atom. The van der Waals surface area contributed by atoms with E-state index in [0.29, 0.717) is 12.6 Å². The number of nitrogens with one attached hydrogen (secondary N) is 2. The van der Waals surface area contributed by atoms with Crippen LogP contribution in [0.15, 0.2) is 41.1 Å². The van der Waals surface area contributed by atoms with E-state index in [0.717, 1.165) is 53.6 Å². The molecular formula is C20H24N4O2. The van der Waals surface area contributed by atoms with Crippen LogP contribution >= 0.6 is 0 Å². The Bertz CT molecular complexity index is 849. The van der Waals surface area contributed by atoms with Gasteiger partial charge in [0.05, 0.1) is 6.20 Å². The first-order valence-electron chi connectivity index (χ1n) is 9.19. The maximum Gasteiger partial charge on any atom is 0.213 e. The van der Waals surface area contributed by atoms with Crippen LogP contribution in [0.1, 0.15) is 42.6 Å². The van der Waals surface area contributed by atoms with Crippen molar-refractivity contribution in [3.8, 4) is 17.3 Å². The summed E-state index contributed by atoms with van der Waals surface area (Å²) in [5.74, 6) is 2.43. The average Bonchev–Trinajstić information content (AvgIpc) is 3.37. The van der Waals surface area contributed by atoms with E-state index >= 15 is 0 Å². The van der Waals surface area contributed by atoms with Gasteiger partial charge in [-0.25, -0.2) is 4.98 Å². The van der Waals surface area contributed by atoms with E-state index in [9.17, 15) is 0 Å². The van der Waals surface area contributed by atoms with E-state index in [4.69, 9.17) is 9.15 Å².